The summed E-state index contributed by atoms with van der Waals surface area (Å²) >= 11 is 0. The summed E-state index contributed by atoms with van der Waals surface area (Å²) in [7, 11) is 0. The minimum Gasteiger partial charge on any atom is -0.358 e. The van der Waals surface area contributed by atoms with Crippen molar-refractivity contribution in [3.05, 3.63) is 59.7 Å². The van der Waals surface area contributed by atoms with Crippen molar-refractivity contribution in [3.63, 3.8) is 0 Å². The van der Waals surface area contributed by atoms with E-state index in [0.29, 0.717) is 13.1 Å². The molecule has 0 saturated heterocycles. The molecule has 1 amide bonds. The Bertz CT molecular complexity index is 622. The van der Waals surface area contributed by atoms with Gasteiger partial charge in [0.25, 0.3) is 0 Å². The molecule has 0 spiro atoms. The van der Waals surface area contributed by atoms with Crippen LogP contribution in [0.3, 0.4) is 0 Å². The normalized spacial score (nSPS) is 11.7. The molecule has 1 unspecified atom stereocenters. The van der Waals surface area contributed by atoms with E-state index in [4.69, 9.17) is 11.1 Å². The first-order valence-corrected chi connectivity index (χ1v) is 7.36. The number of carbonyl (C=O) groups is 1. The highest BCUT2D eigenvalue weighted by Crippen LogP contribution is 2.24. The Morgan fingerprint density at radius 2 is 1.91 bits per heavy atom. The lowest BCUT2D eigenvalue weighted by Gasteiger charge is -2.16. The Hall–Kier alpha value is -2.46. The molecule has 0 aliphatic carbocycles. The van der Waals surface area contributed by atoms with Crippen LogP contribution in [0.4, 0.5) is 0 Å². The summed E-state index contributed by atoms with van der Waals surface area (Å²) in [5, 5.41) is 10.1. The van der Waals surface area contributed by atoms with Crippen LogP contribution in [0, 0.1) is 5.41 Å². The van der Waals surface area contributed by atoms with Gasteiger partial charge >= 0.3 is 0 Å². The second kappa shape index (κ2) is 8.10. The summed E-state index contributed by atoms with van der Waals surface area (Å²) in [6, 6.07) is 16.2. The molecule has 4 N–H and O–H groups in total. The Kier molecular flexibility index (Phi) is 5.86. The van der Waals surface area contributed by atoms with E-state index in [1.54, 1.807) is 0 Å². The zero-order valence-electron chi connectivity index (χ0n) is 12.5. The fourth-order valence-electron chi connectivity index (χ4n) is 2.53. The summed E-state index contributed by atoms with van der Waals surface area (Å²) in [6.45, 7) is 1.19. The zero-order chi connectivity index (χ0) is 15.8. The number of rotatable bonds is 8. The van der Waals surface area contributed by atoms with Crippen molar-refractivity contribution in [3.8, 4) is 11.1 Å². The molecule has 2 rings (SSSR count). The van der Waals surface area contributed by atoms with Gasteiger partial charge in [0.15, 0.2) is 0 Å². The number of nitrogens with one attached hydrogen (secondary N) is 2. The van der Waals surface area contributed by atoms with Gasteiger partial charge in [0.2, 0.25) is 6.41 Å². The van der Waals surface area contributed by atoms with Crippen LogP contribution in [0.2, 0.25) is 0 Å². The smallest absolute Gasteiger partial charge is 0.207 e. The van der Waals surface area contributed by atoms with Gasteiger partial charge in [0.1, 0.15) is 0 Å². The van der Waals surface area contributed by atoms with Gasteiger partial charge in [-0.05, 0) is 41.3 Å². The monoisotopic (exact) mass is 295 g/mol. The summed E-state index contributed by atoms with van der Waals surface area (Å²) in [6.07, 6.45) is 2.91. The molecular formula is C18H21N3O. The van der Waals surface area contributed by atoms with Crippen LogP contribution in [-0.4, -0.2) is 25.7 Å². The molecule has 114 valence electrons. The summed E-state index contributed by atoms with van der Waals surface area (Å²) in [5.74, 6) is 0.233. The highest BCUT2D eigenvalue weighted by atomic mass is 16.1. The molecule has 0 saturated carbocycles. The van der Waals surface area contributed by atoms with E-state index in [-0.39, 0.29) is 5.92 Å². The lowest BCUT2D eigenvalue weighted by Crippen LogP contribution is -2.22. The Morgan fingerprint density at radius 1 is 1.14 bits per heavy atom. The van der Waals surface area contributed by atoms with Gasteiger partial charge < -0.3 is 16.5 Å². The molecular weight excluding hydrogens is 274 g/mol. The van der Waals surface area contributed by atoms with Crippen LogP contribution in [0.15, 0.2) is 48.5 Å². The number of nitrogens with two attached hydrogens (primary N) is 1. The second-order valence-corrected chi connectivity index (χ2v) is 5.19. The standard InChI is InChI=1S/C18H21N3O/c19-9-8-18(12-21-13-22)16-6-4-15(5-7-16)17-3-1-2-14(10-17)11-20/h1-7,10-11,13,18,20H,8-9,12,19H2,(H,21,22). The van der Waals surface area contributed by atoms with Gasteiger partial charge in [0.05, 0.1) is 0 Å². The van der Waals surface area contributed by atoms with Gasteiger partial charge in [-0.2, -0.15) is 0 Å². The molecule has 0 aliphatic heterocycles. The third-order valence-corrected chi connectivity index (χ3v) is 3.73. The SMILES string of the molecule is N=Cc1cccc(-c2ccc(C(CCN)CNC=O)cc2)c1. The fourth-order valence-corrected chi connectivity index (χ4v) is 2.53. The van der Waals surface area contributed by atoms with Crippen molar-refractivity contribution in [1.82, 2.24) is 5.32 Å². The second-order valence-electron chi connectivity index (χ2n) is 5.19. The van der Waals surface area contributed by atoms with Crippen molar-refractivity contribution < 1.29 is 4.79 Å². The lowest BCUT2D eigenvalue weighted by atomic mass is 9.93. The van der Waals surface area contributed by atoms with Crippen LogP contribution < -0.4 is 11.1 Å². The van der Waals surface area contributed by atoms with Crippen molar-refractivity contribution in [1.29, 1.82) is 5.41 Å². The van der Waals surface area contributed by atoms with Crippen LogP contribution in [0.5, 0.6) is 0 Å². The molecule has 0 fully saturated rings. The summed E-state index contributed by atoms with van der Waals surface area (Å²) < 4.78 is 0. The number of benzene rings is 2. The molecule has 4 heteroatoms. The maximum absolute atomic E-state index is 10.5. The Balaban J connectivity index is 2.20. The van der Waals surface area contributed by atoms with E-state index in [1.165, 1.54) is 11.8 Å². The molecule has 0 aromatic heterocycles. The van der Waals surface area contributed by atoms with E-state index in [1.807, 2.05) is 24.3 Å². The topological polar surface area (TPSA) is 79.0 Å². The predicted molar refractivity (Wildman–Crippen MR) is 90.2 cm³/mol. The van der Waals surface area contributed by atoms with Gasteiger partial charge in [-0.25, -0.2) is 0 Å². The largest absolute Gasteiger partial charge is 0.358 e. The third kappa shape index (κ3) is 4.02. The third-order valence-electron chi connectivity index (χ3n) is 3.73. The minimum absolute atomic E-state index is 0.233. The van der Waals surface area contributed by atoms with Crippen molar-refractivity contribution in [2.75, 3.05) is 13.1 Å². The number of hydrogen-bond donors (Lipinski definition) is 3. The zero-order valence-corrected chi connectivity index (χ0v) is 12.5. The summed E-state index contributed by atoms with van der Waals surface area (Å²) in [5.41, 5.74) is 9.92. The molecule has 0 heterocycles. The highest BCUT2D eigenvalue weighted by Gasteiger charge is 2.10. The maximum atomic E-state index is 10.5. The molecule has 2 aromatic carbocycles. The van der Waals surface area contributed by atoms with E-state index >= 15 is 0 Å². The maximum Gasteiger partial charge on any atom is 0.207 e. The van der Waals surface area contributed by atoms with Crippen molar-refractivity contribution >= 4 is 12.6 Å². The van der Waals surface area contributed by atoms with Crippen LogP contribution in [-0.2, 0) is 4.79 Å². The molecule has 22 heavy (non-hydrogen) atoms. The number of carbonyl (C=O) groups excluding carboxylic acids is 1. The fraction of sp³-hybridized carbons (Fsp3) is 0.222. The average molecular weight is 295 g/mol. The molecule has 2 aromatic rings. The summed E-state index contributed by atoms with van der Waals surface area (Å²) in [4.78, 5) is 10.5. The van der Waals surface area contributed by atoms with Crippen molar-refractivity contribution in [2.45, 2.75) is 12.3 Å². The van der Waals surface area contributed by atoms with Crippen LogP contribution in [0.1, 0.15) is 23.5 Å². The van der Waals surface area contributed by atoms with E-state index < -0.39 is 0 Å². The first-order valence-electron chi connectivity index (χ1n) is 7.36. The first-order chi connectivity index (χ1) is 10.8. The van der Waals surface area contributed by atoms with Crippen LogP contribution >= 0.6 is 0 Å². The van der Waals surface area contributed by atoms with E-state index in [0.717, 1.165) is 29.5 Å². The van der Waals surface area contributed by atoms with E-state index in [9.17, 15) is 4.79 Å². The van der Waals surface area contributed by atoms with Gasteiger partial charge in [-0.1, -0.05) is 42.5 Å². The van der Waals surface area contributed by atoms with Crippen molar-refractivity contribution in [2.24, 2.45) is 5.73 Å². The van der Waals surface area contributed by atoms with Gasteiger partial charge in [-0.3, -0.25) is 4.79 Å². The molecule has 4 nitrogen and oxygen atoms in total. The lowest BCUT2D eigenvalue weighted by molar-refractivity contribution is -0.109. The minimum atomic E-state index is 0.233. The first kappa shape index (κ1) is 15.9. The Morgan fingerprint density at radius 3 is 2.55 bits per heavy atom. The van der Waals surface area contributed by atoms with Gasteiger partial charge in [0, 0.05) is 18.7 Å². The van der Waals surface area contributed by atoms with Gasteiger partial charge in [-0.15, -0.1) is 0 Å². The molecule has 0 bridgehead atoms. The number of amides is 1. The molecule has 1 atom stereocenters. The highest BCUT2D eigenvalue weighted by molar-refractivity contribution is 5.80. The van der Waals surface area contributed by atoms with E-state index in [2.05, 4.69) is 29.6 Å². The average Bonchev–Trinajstić information content (AvgIpc) is 2.59. The predicted octanol–water partition coefficient (Wildman–Crippen LogP) is 2.53. The number of hydrogen-bond acceptors (Lipinski definition) is 3. The quantitative estimate of drug-likeness (QED) is 0.517. The van der Waals surface area contributed by atoms with Crippen LogP contribution in [0.25, 0.3) is 11.1 Å². The molecule has 0 radical (unpaired) electrons. The Labute approximate surface area is 130 Å². The molecule has 0 aliphatic rings.